The summed E-state index contributed by atoms with van der Waals surface area (Å²) in [4.78, 5) is 7.92. The minimum absolute atomic E-state index is 0.110. The van der Waals surface area contributed by atoms with E-state index in [0.717, 1.165) is 4.88 Å². The van der Waals surface area contributed by atoms with Crippen molar-refractivity contribution >= 4 is 34.6 Å². The molecule has 0 saturated carbocycles. The Morgan fingerprint density at radius 3 is 2.52 bits per heavy atom. The first-order valence-electron chi connectivity index (χ1n) is 6.00. The average Bonchev–Trinajstić information content (AvgIpc) is 2.83. The summed E-state index contributed by atoms with van der Waals surface area (Å²) in [5, 5.41) is 5.45. The molecule has 0 radical (unpaired) electrons. The van der Waals surface area contributed by atoms with Gasteiger partial charge in [-0.25, -0.2) is 9.97 Å². The number of anilines is 2. The molecule has 0 aliphatic heterocycles. The van der Waals surface area contributed by atoms with Crippen LogP contribution in [0.3, 0.4) is 0 Å². The Labute approximate surface area is 128 Å². The molecular formula is C12H12ClF3N4S. The molecule has 2 aromatic rings. The number of nitrogens with zero attached hydrogens (tertiary/aromatic N) is 2. The number of hydrogen-bond donors (Lipinski definition) is 2. The van der Waals surface area contributed by atoms with Crippen LogP contribution in [0.15, 0.2) is 18.2 Å². The van der Waals surface area contributed by atoms with Gasteiger partial charge in [-0.05, 0) is 18.6 Å². The summed E-state index contributed by atoms with van der Waals surface area (Å²) in [5.74, 6) is -0.931. The fourth-order valence-electron chi connectivity index (χ4n) is 1.59. The van der Waals surface area contributed by atoms with Gasteiger partial charge in [0.15, 0.2) is 0 Å². The fourth-order valence-corrected chi connectivity index (χ4v) is 2.68. The first-order chi connectivity index (χ1) is 9.88. The Morgan fingerprint density at radius 2 is 1.95 bits per heavy atom. The Bertz CT molecular complexity index is 615. The van der Waals surface area contributed by atoms with Gasteiger partial charge in [0.25, 0.3) is 0 Å². The molecule has 2 heterocycles. The molecule has 0 fully saturated rings. The minimum atomic E-state index is -4.58. The second-order valence-corrected chi connectivity index (χ2v) is 5.89. The van der Waals surface area contributed by atoms with Gasteiger partial charge >= 0.3 is 6.18 Å². The molecule has 0 aromatic carbocycles. The predicted molar refractivity (Wildman–Crippen MR) is 78.1 cm³/mol. The number of hydrogen-bond acceptors (Lipinski definition) is 5. The molecule has 0 atom stereocenters. The van der Waals surface area contributed by atoms with Gasteiger partial charge in [0.05, 0.1) is 4.34 Å². The van der Waals surface area contributed by atoms with E-state index in [9.17, 15) is 13.2 Å². The quantitative estimate of drug-likeness (QED) is 0.869. The summed E-state index contributed by atoms with van der Waals surface area (Å²) >= 11 is 7.25. The maximum atomic E-state index is 12.7. The van der Waals surface area contributed by atoms with Crippen molar-refractivity contribution in [2.45, 2.75) is 12.6 Å². The van der Waals surface area contributed by atoms with Crippen LogP contribution in [0.5, 0.6) is 0 Å². The molecule has 21 heavy (non-hydrogen) atoms. The maximum Gasteiger partial charge on any atom is 0.451 e. The van der Waals surface area contributed by atoms with E-state index in [-0.39, 0.29) is 11.6 Å². The molecule has 0 bridgehead atoms. The highest BCUT2D eigenvalue weighted by Crippen LogP contribution is 2.28. The molecule has 0 aliphatic carbocycles. The third-order valence-electron chi connectivity index (χ3n) is 2.54. The molecule has 2 rings (SSSR count). The van der Waals surface area contributed by atoms with Crippen molar-refractivity contribution in [3.63, 3.8) is 0 Å². The second kappa shape index (κ2) is 6.48. The van der Waals surface area contributed by atoms with Crippen LogP contribution in [0, 0.1) is 0 Å². The normalized spacial score (nSPS) is 11.5. The molecule has 0 unspecified atom stereocenters. The summed E-state index contributed by atoms with van der Waals surface area (Å²) in [6.07, 6.45) is -3.93. The van der Waals surface area contributed by atoms with Gasteiger partial charge < -0.3 is 10.6 Å². The summed E-state index contributed by atoms with van der Waals surface area (Å²) in [7, 11) is 1.50. The van der Waals surface area contributed by atoms with Gasteiger partial charge in [-0.3, -0.25) is 0 Å². The zero-order chi connectivity index (χ0) is 15.5. The number of alkyl halides is 3. The first-order valence-corrected chi connectivity index (χ1v) is 7.20. The lowest BCUT2D eigenvalue weighted by molar-refractivity contribution is -0.144. The van der Waals surface area contributed by atoms with Crippen molar-refractivity contribution in [1.82, 2.24) is 9.97 Å². The van der Waals surface area contributed by atoms with Crippen LogP contribution in [0.25, 0.3) is 0 Å². The topological polar surface area (TPSA) is 49.8 Å². The van der Waals surface area contributed by atoms with Gasteiger partial charge in [0, 0.05) is 24.5 Å². The first kappa shape index (κ1) is 15.8. The minimum Gasteiger partial charge on any atom is -0.373 e. The van der Waals surface area contributed by atoms with Crippen LogP contribution in [-0.4, -0.2) is 23.6 Å². The van der Waals surface area contributed by atoms with Crippen LogP contribution in [0.2, 0.25) is 4.34 Å². The molecular weight excluding hydrogens is 325 g/mol. The SMILES string of the molecule is CNc1cc(NCCc2ccc(Cl)s2)nc(C(F)(F)F)n1. The molecule has 0 spiro atoms. The van der Waals surface area contributed by atoms with E-state index in [1.165, 1.54) is 24.5 Å². The number of halogens is 4. The number of aromatic nitrogens is 2. The van der Waals surface area contributed by atoms with Gasteiger partial charge in [-0.2, -0.15) is 13.2 Å². The summed E-state index contributed by atoms with van der Waals surface area (Å²) in [6, 6.07) is 5.10. The monoisotopic (exact) mass is 336 g/mol. The van der Waals surface area contributed by atoms with Crippen molar-refractivity contribution in [1.29, 1.82) is 0 Å². The van der Waals surface area contributed by atoms with Gasteiger partial charge in [0.1, 0.15) is 11.6 Å². The molecule has 9 heteroatoms. The lowest BCUT2D eigenvalue weighted by Gasteiger charge is -2.11. The third kappa shape index (κ3) is 4.47. The van der Waals surface area contributed by atoms with Crippen molar-refractivity contribution in [3.8, 4) is 0 Å². The van der Waals surface area contributed by atoms with Crippen molar-refractivity contribution in [2.75, 3.05) is 24.2 Å². The van der Waals surface area contributed by atoms with Crippen molar-refractivity contribution < 1.29 is 13.2 Å². The molecule has 0 saturated heterocycles. The Hall–Kier alpha value is -1.54. The van der Waals surface area contributed by atoms with Gasteiger partial charge in [-0.1, -0.05) is 11.6 Å². The zero-order valence-electron chi connectivity index (χ0n) is 11.0. The number of nitrogens with one attached hydrogen (secondary N) is 2. The van der Waals surface area contributed by atoms with Crippen LogP contribution >= 0.6 is 22.9 Å². The van der Waals surface area contributed by atoms with E-state index in [0.29, 0.717) is 17.3 Å². The molecule has 114 valence electrons. The van der Waals surface area contributed by atoms with Crippen LogP contribution in [0.1, 0.15) is 10.7 Å². The molecule has 2 aromatic heterocycles. The standard InChI is InChI=1S/C12H12ClF3N4S/c1-17-9-6-10(20-11(19-9)12(14,15)16)18-5-4-7-2-3-8(13)21-7/h2-3,6H,4-5H2,1H3,(H2,17,18,19,20). The predicted octanol–water partition coefficient (Wildman–Crippen LogP) is 3.91. The molecule has 2 N–H and O–H groups in total. The molecule has 4 nitrogen and oxygen atoms in total. The van der Waals surface area contributed by atoms with E-state index in [4.69, 9.17) is 11.6 Å². The Kier molecular flexibility index (Phi) is 4.89. The van der Waals surface area contributed by atoms with E-state index >= 15 is 0 Å². The highest BCUT2D eigenvalue weighted by atomic mass is 35.5. The number of thiophene rings is 1. The van der Waals surface area contributed by atoms with E-state index in [2.05, 4.69) is 20.6 Å². The second-order valence-electron chi connectivity index (χ2n) is 4.09. The molecule has 0 amide bonds. The Balaban J connectivity index is 2.05. The zero-order valence-corrected chi connectivity index (χ0v) is 12.5. The number of rotatable bonds is 5. The van der Waals surface area contributed by atoms with Gasteiger partial charge in [0.2, 0.25) is 5.82 Å². The lowest BCUT2D eigenvalue weighted by atomic mass is 10.3. The van der Waals surface area contributed by atoms with Crippen LogP contribution in [-0.2, 0) is 12.6 Å². The largest absolute Gasteiger partial charge is 0.451 e. The highest BCUT2D eigenvalue weighted by molar-refractivity contribution is 7.16. The van der Waals surface area contributed by atoms with Crippen molar-refractivity contribution in [3.05, 3.63) is 33.2 Å². The van der Waals surface area contributed by atoms with E-state index in [1.54, 1.807) is 6.07 Å². The van der Waals surface area contributed by atoms with Crippen LogP contribution < -0.4 is 10.6 Å². The lowest BCUT2D eigenvalue weighted by Crippen LogP contribution is -2.15. The van der Waals surface area contributed by atoms with E-state index in [1.807, 2.05) is 6.07 Å². The van der Waals surface area contributed by atoms with Crippen LogP contribution in [0.4, 0.5) is 24.8 Å². The average molecular weight is 337 g/mol. The Morgan fingerprint density at radius 1 is 1.24 bits per heavy atom. The van der Waals surface area contributed by atoms with Gasteiger partial charge in [-0.15, -0.1) is 11.3 Å². The maximum absolute atomic E-state index is 12.7. The summed E-state index contributed by atoms with van der Waals surface area (Å²) in [5.41, 5.74) is 0. The smallest absolute Gasteiger partial charge is 0.373 e. The highest BCUT2D eigenvalue weighted by Gasteiger charge is 2.35. The summed E-state index contributed by atoms with van der Waals surface area (Å²) in [6.45, 7) is 0.453. The third-order valence-corrected chi connectivity index (χ3v) is 3.83. The van der Waals surface area contributed by atoms with E-state index < -0.39 is 12.0 Å². The van der Waals surface area contributed by atoms with Crippen molar-refractivity contribution in [2.24, 2.45) is 0 Å². The summed E-state index contributed by atoms with van der Waals surface area (Å²) < 4.78 is 38.7. The molecule has 0 aliphatic rings. The fraction of sp³-hybridized carbons (Fsp3) is 0.333.